The highest BCUT2D eigenvalue weighted by Gasteiger charge is 2.38. The molecule has 1 unspecified atom stereocenters. The summed E-state index contributed by atoms with van der Waals surface area (Å²) in [5, 5.41) is 18.3. The number of nitrogens with zero attached hydrogens (tertiary/aromatic N) is 10. The van der Waals surface area contributed by atoms with E-state index >= 15 is 4.79 Å². The number of piperazine rings is 1. The van der Waals surface area contributed by atoms with Crippen molar-refractivity contribution in [2.24, 2.45) is 14.1 Å². The van der Waals surface area contributed by atoms with Crippen LogP contribution < -0.4 is 9.64 Å². The van der Waals surface area contributed by atoms with E-state index in [9.17, 15) is 5.11 Å². The van der Waals surface area contributed by atoms with Crippen LogP contribution >= 0.6 is 23.2 Å². The highest BCUT2D eigenvalue weighted by atomic mass is 35.5. The molecule has 0 saturated carbocycles. The van der Waals surface area contributed by atoms with Crippen molar-refractivity contribution in [3.8, 4) is 28.3 Å². The number of β-amino-alcohol motifs (C(OH)–C–C–N with tert-alkyl or cyclic N) is 1. The minimum Gasteiger partial charge on any atom is -0.494 e. The molecule has 0 aliphatic carbocycles. The van der Waals surface area contributed by atoms with Gasteiger partial charge in [-0.3, -0.25) is 19.3 Å². The zero-order valence-corrected chi connectivity index (χ0v) is 38.0. The van der Waals surface area contributed by atoms with E-state index in [4.69, 9.17) is 37.9 Å². The number of likely N-dealkylation sites (N-methyl/N-ethyl adjacent to an activating group) is 1. The topological polar surface area (TPSA) is 123 Å². The van der Waals surface area contributed by atoms with E-state index in [2.05, 4.69) is 49.2 Å². The van der Waals surface area contributed by atoms with Crippen LogP contribution in [0.1, 0.15) is 63.8 Å². The van der Waals surface area contributed by atoms with Crippen molar-refractivity contribution in [1.29, 1.82) is 0 Å². The minimum atomic E-state index is -0.531. The minimum absolute atomic E-state index is 0.0792. The van der Waals surface area contributed by atoms with Gasteiger partial charge < -0.3 is 23.9 Å². The van der Waals surface area contributed by atoms with Crippen LogP contribution in [-0.2, 0) is 27.1 Å². The number of aryl methyl sites for hydroxylation is 7. The summed E-state index contributed by atoms with van der Waals surface area (Å²) in [5.41, 5.74) is 10.4. The number of amides is 1. The molecule has 13 nitrogen and oxygen atoms in total. The van der Waals surface area contributed by atoms with Crippen LogP contribution in [0, 0.1) is 27.7 Å². The van der Waals surface area contributed by atoms with Crippen molar-refractivity contribution in [3.05, 3.63) is 105 Å². The number of fused-ring (bicyclic) bond motifs is 4. The normalized spacial score (nSPS) is 17.5. The molecule has 2 aliphatic heterocycles. The highest BCUT2D eigenvalue weighted by molar-refractivity contribution is 6.35. The van der Waals surface area contributed by atoms with Gasteiger partial charge in [0.1, 0.15) is 29.8 Å². The Balaban J connectivity index is 1.15. The molecule has 1 amide bonds. The summed E-state index contributed by atoms with van der Waals surface area (Å²) in [6, 6.07) is 14.0. The standard InChI is InChI=1S/C47H52Cl2N10O3/c1-26-18-32(19-27(2)43(26)49)62-17-9-10-33-34-12-13-36(48)42(41-29(4)51-39(52-30(41)5)23-57-16-15-54(6)40(60)24-57)44(34)59-28(3)21-58(47(61)45(33)59)38-22-55(7)37-14-11-31(20-35(37)38)46-50-25-56(8)53-46/h11-14,18-20,22,25,28,40,60H,9-10,15-17,21,23-24H2,1-8H3/t28-,40?/m1/s1. The monoisotopic (exact) mass is 874 g/mol. The molecule has 0 spiro atoms. The number of rotatable bonds is 10. The van der Waals surface area contributed by atoms with Gasteiger partial charge in [-0.25, -0.2) is 15.0 Å². The molecule has 15 heteroatoms. The number of ether oxygens (including phenoxy) is 1. The Morgan fingerprint density at radius 3 is 2.34 bits per heavy atom. The van der Waals surface area contributed by atoms with Crippen LogP contribution in [0.3, 0.4) is 0 Å². The second-order valence-corrected chi connectivity index (χ2v) is 17.9. The van der Waals surface area contributed by atoms with Crippen molar-refractivity contribution < 1.29 is 14.6 Å². The van der Waals surface area contributed by atoms with Gasteiger partial charge in [0.25, 0.3) is 5.91 Å². The van der Waals surface area contributed by atoms with Gasteiger partial charge in [-0.05, 0) is 108 Å². The molecule has 1 N–H and O–H groups in total. The second-order valence-electron chi connectivity index (χ2n) is 17.1. The summed E-state index contributed by atoms with van der Waals surface area (Å²) < 4.78 is 12.3. The molecule has 9 rings (SSSR count). The number of anilines is 1. The maximum absolute atomic E-state index is 15.4. The van der Waals surface area contributed by atoms with Crippen molar-refractivity contribution in [2.75, 3.05) is 44.7 Å². The van der Waals surface area contributed by atoms with E-state index in [1.165, 1.54) is 0 Å². The Kier molecular flexibility index (Phi) is 11.1. The fourth-order valence-electron chi connectivity index (χ4n) is 9.47. The smallest absolute Gasteiger partial charge is 0.275 e. The quantitative estimate of drug-likeness (QED) is 0.136. The summed E-state index contributed by atoms with van der Waals surface area (Å²) >= 11 is 13.8. The van der Waals surface area contributed by atoms with E-state index in [1.54, 1.807) is 11.0 Å². The molecular formula is C47H52Cl2N10O3. The molecule has 1 fully saturated rings. The van der Waals surface area contributed by atoms with Gasteiger partial charge in [0.2, 0.25) is 0 Å². The Hall–Kier alpha value is -5.31. The van der Waals surface area contributed by atoms with Crippen LogP contribution in [-0.4, -0.2) is 101 Å². The predicted molar refractivity (Wildman–Crippen MR) is 245 cm³/mol. The lowest BCUT2D eigenvalue weighted by Crippen LogP contribution is -2.51. The van der Waals surface area contributed by atoms with E-state index in [1.807, 2.05) is 89.1 Å². The maximum atomic E-state index is 15.4. The van der Waals surface area contributed by atoms with Gasteiger partial charge >= 0.3 is 0 Å². The van der Waals surface area contributed by atoms with Gasteiger partial charge in [-0.15, -0.1) is 0 Å². The molecule has 4 aromatic heterocycles. The van der Waals surface area contributed by atoms with Gasteiger partial charge in [0.15, 0.2) is 5.82 Å². The number of hydrogen-bond acceptors (Lipinski definition) is 9. The molecule has 62 heavy (non-hydrogen) atoms. The average molecular weight is 876 g/mol. The van der Waals surface area contributed by atoms with Crippen LogP contribution in [0.4, 0.5) is 5.69 Å². The number of benzene rings is 3. The zero-order valence-electron chi connectivity index (χ0n) is 36.5. The lowest BCUT2D eigenvalue weighted by atomic mass is 9.97. The molecule has 6 heterocycles. The molecule has 1 saturated heterocycles. The number of hydrogen-bond donors (Lipinski definition) is 1. The molecule has 7 aromatic rings. The molecule has 3 aromatic carbocycles. The summed E-state index contributed by atoms with van der Waals surface area (Å²) in [6.45, 7) is 13.7. The SMILES string of the molecule is Cc1cc(OCCCc2c3n(c4c(-c5c(C)nc(CN6CCN(C)C(O)C6)nc5C)c(Cl)ccc24)[C@H](C)CN(c2cn(C)c4ccc(-c5ncn(C)n5)cc24)C3=O)cc(C)c1Cl. The third kappa shape index (κ3) is 7.43. The van der Waals surface area contributed by atoms with Gasteiger partial charge in [-0.1, -0.05) is 29.3 Å². The number of aliphatic hydroxyl groups excluding tert-OH is 1. The van der Waals surface area contributed by atoms with Crippen molar-refractivity contribution in [1.82, 2.24) is 43.7 Å². The lowest BCUT2D eigenvalue weighted by molar-refractivity contribution is -0.0439. The molecule has 0 bridgehead atoms. The summed E-state index contributed by atoms with van der Waals surface area (Å²) in [5.74, 6) is 2.02. The molecule has 322 valence electrons. The lowest BCUT2D eigenvalue weighted by Gasteiger charge is -2.36. The first-order chi connectivity index (χ1) is 29.7. The molecular weight excluding hydrogens is 823 g/mol. The number of carbonyl (C=O) groups is 1. The van der Waals surface area contributed by atoms with E-state index in [0.29, 0.717) is 61.4 Å². The van der Waals surface area contributed by atoms with Crippen LogP contribution in [0.25, 0.3) is 44.3 Å². The van der Waals surface area contributed by atoms with Gasteiger partial charge in [-0.2, -0.15) is 5.10 Å². The average Bonchev–Trinajstić information content (AvgIpc) is 3.92. The summed E-state index contributed by atoms with van der Waals surface area (Å²) in [7, 11) is 5.79. The van der Waals surface area contributed by atoms with E-state index in [-0.39, 0.29) is 11.9 Å². The number of carbonyl (C=O) groups excluding carboxylic acids is 1. The van der Waals surface area contributed by atoms with Crippen LogP contribution in [0.2, 0.25) is 10.0 Å². The number of aromatic nitrogens is 7. The largest absolute Gasteiger partial charge is 0.494 e. The molecule has 2 aliphatic rings. The zero-order chi connectivity index (χ0) is 43.7. The van der Waals surface area contributed by atoms with Crippen LogP contribution in [0.15, 0.2) is 55.0 Å². The Morgan fingerprint density at radius 1 is 0.903 bits per heavy atom. The molecule has 2 atom stereocenters. The van der Waals surface area contributed by atoms with E-state index in [0.717, 1.165) is 96.1 Å². The Labute approximate surface area is 371 Å². The predicted octanol–water partition coefficient (Wildman–Crippen LogP) is 8.22. The first kappa shape index (κ1) is 42.0. The fraction of sp³-hybridized carbons (Fsp3) is 0.383. The van der Waals surface area contributed by atoms with Crippen molar-refractivity contribution in [2.45, 2.75) is 66.3 Å². The Morgan fingerprint density at radius 2 is 1.65 bits per heavy atom. The summed E-state index contributed by atoms with van der Waals surface area (Å²) in [4.78, 5) is 36.1. The van der Waals surface area contributed by atoms with Gasteiger partial charge in [0, 0.05) is 102 Å². The van der Waals surface area contributed by atoms with Crippen LogP contribution in [0.5, 0.6) is 5.75 Å². The van der Waals surface area contributed by atoms with Crippen molar-refractivity contribution >= 4 is 56.6 Å². The first-order valence-corrected chi connectivity index (χ1v) is 21.9. The Bertz CT molecular complexity index is 2850. The maximum Gasteiger partial charge on any atom is 0.275 e. The second kappa shape index (κ2) is 16.4. The van der Waals surface area contributed by atoms with Gasteiger partial charge in [0.05, 0.1) is 29.4 Å². The van der Waals surface area contributed by atoms with Crippen molar-refractivity contribution in [3.63, 3.8) is 0 Å². The highest BCUT2D eigenvalue weighted by Crippen LogP contribution is 2.46. The molecule has 0 radical (unpaired) electrons. The first-order valence-electron chi connectivity index (χ1n) is 21.1. The van der Waals surface area contributed by atoms with E-state index < -0.39 is 6.23 Å². The third-order valence-electron chi connectivity index (χ3n) is 12.6. The third-order valence-corrected chi connectivity index (χ3v) is 13.5. The number of halogens is 2. The fourth-order valence-corrected chi connectivity index (χ4v) is 9.83. The summed E-state index contributed by atoms with van der Waals surface area (Å²) in [6.07, 6.45) is 4.46. The number of aliphatic hydroxyl groups is 1.